The highest BCUT2D eigenvalue weighted by Gasteiger charge is 2.45. The quantitative estimate of drug-likeness (QED) is 0.252. The number of aromatic nitrogens is 3. The maximum absolute atomic E-state index is 12.6. The Hall–Kier alpha value is -4.02. The molecule has 39 heavy (non-hydrogen) atoms. The monoisotopic (exact) mass is 563 g/mol. The molecule has 1 aliphatic rings. The van der Waals surface area contributed by atoms with Crippen molar-refractivity contribution in [3.05, 3.63) is 83.4 Å². The summed E-state index contributed by atoms with van der Waals surface area (Å²) in [4.78, 5) is 12.6. The number of rotatable bonds is 8. The number of halogens is 1. The second-order valence-electron chi connectivity index (χ2n) is 8.75. The molecular weight excluding hydrogens is 538 g/mol. The highest BCUT2D eigenvalue weighted by atomic mass is 35.5. The van der Waals surface area contributed by atoms with Crippen LogP contribution in [0.5, 0.6) is 11.5 Å². The maximum atomic E-state index is 12.6. The highest BCUT2D eigenvalue weighted by molar-refractivity contribution is 7.99. The number of carbonyl (C=O) groups excluding carboxylic acids is 1. The number of hydrazone groups is 1. The molecule has 0 saturated carbocycles. The molecule has 0 N–H and O–H groups in total. The molecule has 11 heteroatoms. The lowest BCUT2D eigenvalue weighted by Crippen LogP contribution is -2.41. The summed E-state index contributed by atoms with van der Waals surface area (Å²) in [6.07, 6.45) is 0. The summed E-state index contributed by atoms with van der Waals surface area (Å²) < 4.78 is 19.1. The van der Waals surface area contributed by atoms with Crippen LogP contribution < -0.4 is 9.47 Å². The van der Waals surface area contributed by atoms with E-state index in [-0.39, 0.29) is 5.91 Å². The summed E-state index contributed by atoms with van der Waals surface area (Å²) in [5.41, 5.74) is 1.31. The van der Waals surface area contributed by atoms with Crippen LogP contribution in [0.2, 0.25) is 5.02 Å². The Morgan fingerprint density at radius 1 is 1.00 bits per heavy atom. The van der Waals surface area contributed by atoms with E-state index in [2.05, 4.69) is 15.3 Å². The van der Waals surface area contributed by atoms with E-state index < -0.39 is 5.72 Å². The first-order chi connectivity index (χ1) is 18.8. The van der Waals surface area contributed by atoms with Crippen LogP contribution in [-0.4, -0.2) is 51.6 Å². The average molecular weight is 564 g/mol. The molecule has 1 amide bonds. The molecular formula is C28H26ClN5O4S. The number of methoxy groups -OCH3 is 2. The normalized spacial score (nSPS) is 16.5. The fourth-order valence-corrected chi connectivity index (χ4v) is 5.24. The highest BCUT2D eigenvalue weighted by Crippen LogP contribution is 2.40. The molecule has 0 bridgehead atoms. The Morgan fingerprint density at radius 3 is 2.38 bits per heavy atom. The lowest BCUT2D eigenvalue weighted by Gasteiger charge is -2.31. The van der Waals surface area contributed by atoms with Gasteiger partial charge in [0.15, 0.2) is 22.5 Å². The first-order valence-corrected chi connectivity index (χ1v) is 13.4. The van der Waals surface area contributed by atoms with E-state index in [0.717, 1.165) is 11.3 Å². The topological polar surface area (TPSA) is 91.1 Å². The van der Waals surface area contributed by atoms with Crippen molar-refractivity contribution in [3.8, 4) is 28.6 Å². The molecule has 9 nitrogen and oxygen atoms in total. The van der Waals surface area contributed by atoms with Crippen LogP contribution in [0.4, 0.5) is 0 Å². The van der Waals surface area contributed by atoms with Gasteiger partial charge in [0.25, 0.3) is 0 Å². The van der Waals surface area contributed by atoms with Crippen molar-refractivity contribution >= 4 is 35.2 Å². The van der Waals surface area contributed by atoms with Crippen molar-refractivity contribution in [3.63, 3.8) is 0 Å². The summed E-state index contributed by atoms with van der Waals surface area (Å²) in [7, 11) is 3.13. The van der Waals surface area contributed by atoms with E-state index in [4.69, 9.17) is 25.8 Å². The largest absolute Gasteiger partial charge is 0.493 e. The van der Waals surface area contributed by atoms with Crippen molar-refractivity contribution in [1.29, 1.82) is 0 Å². The van der Waals surface area contributed by atoms with Crippen molar-refractivity contribution in [1.82, 2.24) is 19.8 Å². The number of nitrogens with zero attached hydrogens (tertiary/aromatic N) is 5. The van der Waals surface area contributed by atoms with Gasteiger partial charge in [0.1, 0.15) is 0 Å². The number of thioether (sulfide) groups is 1. The fraction of sp³-hybridized carbons (Fsp3) is 0.214. The van der Waals surface area contributed by atoms with Crippen molar-refractivity contribution in [2.45, 2.75) is 24.7 Å². The average Bonchev–Trinajstić information content (AvgIpc) is 3.54. The van der Waals surface area contributed by atoms with E-state index in [1.807, 2.05) is 65.2 Å². The lowest BCUT2D eigenvalue weighted by molar-refractivity contribution is -0.146. The predicted octanol–water partition coefficient (Wildman–Crippen LogP) is 5.76. The Labute approximate surface area is 235 Å². The summed E-state index contributed by atoms with van der Waals surface area (Å²) in [5.74, 6) is 2.21. The van der Waals surface area contributed by atoms with E-state index in [9.17, 15) is 4.79 Å². The van der Waals surface area contributed by atoms with E-state index in [1.54, 1.807) is 33.3 Å². The number of amides is 1. The third-order valence-electron chi connectivity index (χ3n) is 6.22. The predicted molar refractivity (Wildman–Crippen MR) is 150 cm³/mol. The SMILES string of the molecule is COc1ccc([C@@]2(C)OC(CSc3nnc(-c4ccc(Cl)cc4)n3-c3ccccc3)=NN2C(C)=O)cc1OC. The second kappa shape index (κ2) is 11.0. The summed E-state index contributed by atoms with van der Waals surface area (Å²) in [6, 6.07) is 22.7. The molecule has 0 saturated heterocycles. The van der Waals surface area contributed by atoms with Crippen LogP contribution in [0.25, 0.3) is 17.1 Å². The number of benzene rings is 3. The first-order valence-electron chi connectivity index (χ1n) is 12.0. The van der Waals surface area contributed by atoms with Gasteiger partial charge < -0.3 is 14.2 Å². The van der Waals surface area contributed by atoms with Crippen LogP contribution >= 0.6 is 23.4 Å². The second-order valence-corrected chi connectivity index (χ2v) is 10.1. The van der Waals surface area contributed by atoms with Gasteiger partial charge in [-0.15, -0.1) is 15.3 Å². The van der Waals surface area contributed by atoms with Gasteiger partial charge in [-0.25, -0.2) is 0 Å². The maximum Gasteiger partial charge on any atom is 0.243 e. The first kappa shape index (κ1) is 26.6. The number of hydrogen-bond acceptors (Lipinski definition) is 8. The smallest absolute Gasteiger partial charge is 0.243 e. The Bertz CT molecular complexity index is 1530. The molecule has 3 aromatic carbocycles. The minimum Gasteiger partial charge on any atom is -0.493 e. The zero-order valence-corrected chi connectivity index (χ0v) is 23.4. The van der Waals surface area contributed by atoms with Crippen LogP contribution in [0.1, 0.15) is 19.4 Å². The molecule has 200 valence electrons. The standard InChI is InChI=1S/C28H26ClN5O4S/c1-18(35)34-28(2,20-12-15-23(36-3)24(16-20)37-4)38-25(32-34)17-39-27-31-30-26(19-10-13-21(29)14-11-19)33(27)22-8-6-5-7-9-22/h5-16H,17H2,1-4H3/t28-/m1/s1. The van der Waals surface area contributed by atoms with Crippen molar-refractivity contribution in [2.75, 3.05) is 20.0 Å². The van der Waals surface area contributed by atoms with Gasteiger partial charge in [-0.2, -0.15) is 5.01 Å². The molecule has 0 unspecified atom stereocenters. The number of para-hydroxylation sites is 1. The van der Waals surface area contributed by atoms with Crippen molar-refractivity contribution in [2.24, 2.45) is 5.10 Å². The van der Waals surface area contributed by atoms with E-state index >= 15 is 0 Å². The molecule has 0 radical (unpaired) electrons. The molecule has 1 aromatic heterocycles. The molecule has 4 aromatic rings. The molecule has 0 fully saturated rings. The number of carbonyl (C=O) groups is 1. The van der Waals surface area contributed by atoms with Crippen LogP contribution in [0.3, 0.4) is 0 Å². The van der Waals surface area contributed by atoms with Crippen LogP contribution in [0, 0.1) is 0 Å². The molecule has 5 rings (SSSR count). The Balaban J connectivity index is 1.44. The molecule has 0 aliphatic carbocycles. The molecule has 1 aliphatic heterocycles. The zero-order valence-electron chi connectivity index (χ0n) is 21.8. The van der Waals surface area contributed by atoms with E-state index in [0.29, 0.717) is 44.7 Å². The third kappa shape index (κ3) is 5.17. The van der Waals surface area contributed by atoms with Crippen LogP contribution in [-0.2, 0) is 15.3 Å². The van der Waals surface area contributed by atoms with Gasteiger partial charge in [-0.3, -0.25) is 9.36 Å². The lowest BCUT2D eigenvalue weighted by atomic mass is 10.0. The number of ether oxygens (including phenoxy) is 3. The molecule has 0 spiro atoms. The third-order valence-corrected chi connectivity index (χ3v) is 7.39. The van der Waals surface area contributed by atoms with Gasteiger partial charge in [0.2, 0.25) is 17.5 Å². The Kier molecular flexibility index (Phi) is 7.49. The summed E-state index contributed by atoms with van der Waals surface area (Å²) in [5, 5.41) is 16.1. The Morgan fingerprint density at radius 2 is 1.72 bits per heavy atom. The van der Waals surface area contributed by atoms with Gasteiger partial charge in [0, 0.05) is 35.7 Å². The van der Waals surface area contributed by atoms with Crippen LogP contribution in [0.15, 0.2) is 83.1 Å². The van der Waals surface area contributed by atoms with Gasteiger partial charge in [-0.05, 0) is 54.6 Å². The van der Waals surface area contributed by atoms with Gasteiger partial charge in [-0.1, -0.05) is 41.6 Å². The zero-order chi connectivity index (χ0) is 27.6. The number of hydrogen-bond donors (Lipinski definition) is 0. The minimum atomic E-state index is -1.16. The van der Waals surface area contributed by atoms with E-state index in [1.165, 1.54) is 23.7 Å². The fourth-order valence-electron chi connectivity index (χ4n) is 4.32. The summed E-state index contributed by atoms with van der Waals surface area (Å²) >= 11 is 7.51. The van der Waals surface area contributed by atoms with Gasteiger partial charge in [0.05, 0.1) is 20.0 Å². The molecule has 2 heterocycles. The summed E-state index contributed by atoms with van der Waals surface area (Å²) in [6.45, 7) is 3.24. The molecule has 1 atom stereocenters. The minimum absolute atomic E-state index is 0.259. The van der Waals surface area contributed by atoms with Crippen molar-refractivity contribution < 1.29 is 19.0 Å². The van der Waals surface area contributed by atoms with Gasteiger partial charge >= 0.3 is 0 Å².